The Morgan fingerprint density at radius 3 is 2.28 bits per heavy atom. The van der Waals surface area contributed by atoms with Crippen molar-refractivity contribution in [1.82, 2.24) is 4.57 Å². The molecule has 0 fully saturated rings. The SMILES string of the molecule is CCOC(=O)C1=C(C)N=c2s/c(=C\c3ccc(OCc4cccc(C)c4)c(OCC)c3)c(=O)n2[C@@H]1c1ccc(OCC(=O)OC)c(OCC)c1. The molecule has 50 heavy (non-hydrogen) atoms. The minimum absolute atomic E-state index is 0.143. The third-order valence-electron chi connectivity index (χ3n) is 7.72. The van der Waals surface area contributed by atoms with E-state index in [4.69, 9.17) is 28.4 Å². The highest BCUT2D eigenvalue weighted by Gasteiger charge is 2.34. The minimum atomic E-state index is -0.877. The molecule has 0 aliphatic carbocycles. The Morgan fingerprint density at radius 2 is 1.58 bits per heavy atom. The average molecular weight is 701 g/mol. The van der Waals surface area contributed by atoms with Crippen molar-refractivity contribution < 1.29 is 38.0 Å². The number of nitrogens with zero attached hydrogens (tertiary/aromatic N) is 2. The van der Waals surface area contributed by atoms with E-state index in [0.29, 0.717) is 63.4 Å². The first kappa shape index (κ1) is 35.9. The fourth-order valence-corrected chi connectivity index (χ4v) is 6.55. The molecule has 0 amide bonds. The molecule has 0 unspecified atom stereocenters. The maximum absolute atomic E-state index is 14.2. The van der Waals surface area contributed by atoms with E-state index >= 15 is 0 Å². The lowest BCUT2D eigenvalue weighted by Crippen LogP contribution is -2.40. The van der Waals surface area contributed by atoms with Gasteiger partial charge in [-0.25, -0.2) is 14.6 Å². The highest BCUT2D eigenvalue weighted by atomic mass is 32.1. The average Bonchev–Trinajstić information content (AvgIpc) is 3.40. The van der Waals surface area contributed by atoms with Crippen molar-refractivity contribution in [3.63, 3.8) is 0 Å². The number of esters is 2. The Labute approximate surface area is 294 Å². The summed E-state index contributed by atoms with van der Waals surface area (Å²) in [6.45, 7) is 10.1. The molecular formula is C38H40N2O9S. The van der Waals surface area contributed by atoms with Crippen LogP contribution in [0.3, 0.4) is 0 Å². The highest BCUT2D eigenvalue weighted by molar-refractivity contribution is 7.07. The monoisotopic (exact) mass is 700 g/mol. The number of benzene rings is 3. The zero-order valence-corrected chi connectivity index (χ0v) is 29.8. The summed E-state index contributed by atoms with van der Waals surface area (Å²) in [7, 11) is 1.27. The topological polar surface area (TPSA) is 124 Å². The molecule has 12 heteroatoms. The largest absolute Gasteiger partial charge is 0.490 e. The maximum atomic E-state index is 14.2. The van der Waals surface area contributed by atoms with Crippen LogP contribution >= 0.6 is 11.3 Å². The van der Waals surface area contributed by atoms with Gasteiger partial charge in [0.05, 0.1) is 48.8 Å². The number of fused-ring (bicyclic) bond motifs is 1. The number of aromatic nitrogens is 1. The molecule has 4 aromatic rings. The molecule has 0 saturated carbocycles. The van der Waals surface area contributed by atoms with Gasteiger partial charge in [-0.1, -0.05) is 53.3 Å². The molecule has 5 rings (SSSR count). The van der Waals surface area contributed by atoms with Crippen LogP contribution in [0.5, 0.6) is 23.0 Å². The summed E-state index contributed by atoms with van der Waals surface area (Å²) in [4.78, 5) is 44.5. The van der Waals surface area contributed by atoms with Gasteiger partial charge in [-0.05, 0) is 81.7 Å². The van der Waals surface area contributed by atoms with E-state index in [-0.39, 0.29) is 24.3 Å². The second-order valence-corrected chi connectivity index (χ2v) is 12.2. The standard InChI is InChI=1S/C38H40N2O9S/c1-7-45-30-18-25(13-15-28(30)48-21-26-12-10-11-23(4)17-26)19-32-36(42)40-35(34(37(43)47-9-3)24(5)39-38(40)50-32)27-14-16-29(31(20-27)46-8-2)49-22-33(41)44-6/h10-20,35H,7-9,21-22H2,1-6H3/b32-19-/t35-/m1/s1. The minimum Gasteiger partial charge on any atom is -0.490 e. The first-order chi connectivity index (χ1) is 24.2. The van der Waals surface area contributed by atoms with Gasteiger partial charge in [0.1, 0.15) is 6.61 Å². The molecule has 1 aliphatic heterocycles. The number of carbonyl (C=O) groups is 2. The molecule has 2 heterocycles. The van der Waals surface area contributed by atoms with Crippen molar-refractivity contribution >= 4 is 29.4 Å². The van der Waals surface area contributed by atoms with Crippen LogP contribution in [0, 0.1) is 6.92 Å². The van der Waals surface area contributed by atoms with Gasteiger partial charge in [-0.3, -0.25) is 9.36 Å². The van der Waals surface area contributed by atoms with Crippen molar-refractivity contribution in [2.45, 2.75) is 47.3 Å². The zero-order chi connectivity index (χ0) is 35.8. The molecule has 11 nitrogen and oxygen atoms in total. The third-order valence-corrected chi connectivity index (χ3v) is 8.70. The molecule has 0 bridgehead atoms. The van der Waals surface area contributed by atoms with Gasteiger partial charge in [0.15, 0.2) is 34.4 Å². The quantitative estimate of drug-likeness (QED) is 0.167. The van der Waals surface area contributed by atoms with E-state index in [9.17, 15) is 14.4 Å². The van der Waals surface area contributed by atoms with Crippen LogP contribution in [0.15, 0.2) is 81.7 Å². The van der Waals surface area contributed by atoms with Crippen LogP contribution in [0.4, 0.5) is 0 Å². The number of carbonyl (C=O) groups excluding carboxylic acids is 2. The summed E-state index contributed by atoms with van der Waals surface area (Å²) in [5.41, 5.74) is 3.80. The maximum Gasteiger partial charge on any atom is 0.343 e. The molecule has 0 spiro atoms. The first-order valence-electron chi connectivity index (χ1n) is 16.3. The number of ether oxygens (including phenoxy) is 6. The summed E-state index contributed by atoms with van der Waals surface area (Å²) >= 11 is 1.21. The van der Waals surface area contributed by atoms with Crippen LogP contribution in [-0.4, -0.2) is 50.0 Å². The van der Waals surface area contributed by atoms with E-state index in [1.165, 1.54) is 23.0 Å². The van der Waals surface area contributed by atoms with Crippen molar-refractivity contribution in [1.29, 1.82) is 0 Å². The van der Waals surface area contributed by atoms with Gasteiger partial charge in [0, 0.05) is 0 Å². The number of methoxy groups -OCH3 is 1. The number of hydrogen-bond acceptors (Lipinski definition) is 11. The van der Waals surface area contributed by atoms with Crippen molar-refractivity contribution in [3.05, 3.63) is 114 Å². The Hall–Kier alpha value is -5.36. The Kier molecular flexibility index (Phi) is 11.8. The summed E-state index contributed by atoms with van der Waals surface area (Å²) < 4.78 is 35.6. The first-order valence-corrected chi connectivity index (χ1v) is 17.1. The van der Waals surface area contributed by atoms with Crippen LogP contribution in [-0.2, 0) is 25.7 Å². The van der Waals surface area contributed by atoms with Crippen LogP contribution < -0.4 is 33.8 Å². The van der Waals surface area contributed by atoms with Gasteiger partial charge in [0.25, 0.3) is 5.56 Å². The fraction of sp³-hybridized carbons (Fsp3) is 0.316. The van der Waals surface area contributed by atoms with Gasteiger partial charge < -0.3 is 28.4 Å². The van der Waals surface area contributed by atoms with Gasteiger partial charge >= 0.3 is 11.9 Å². The van der Waals surface area contributed by atoms with Crippen molar-refractivity contribution in [3.8, 4) is 23.0 Å². The van der Waals surface area contributed by atoms with Gasteiger partial charge in [-0.15, -0.1) is 0 Å². The van der Waals surface area contributed by atoms with E-state index in [1.54, 1.807) is 38.1 Å². The molecular weight excluding hydrogens is 660 g/mol. The Bertz CT molecular complexity index is 2100. The van der Waals surface area contributed by atoms with Crippen LogP contribution in [0.1, 0.15) is 56.0 Å². The van der Waals surface area contributed by atoms with E-state index in [2.05, 4.69) is 11.1 Å². The van der Waals surface area contributed by atoms with E-state index < -0.39 is 18.0 Å². The molecule has 0 radical (unpaired) electrons. The Morgan fingerprint density at radius 1 is 0.860 bits per heavy atom. The van der Waals surface area contributed by atoms with E-state index in [1.807, 2.05) is 57.2 Å². The predicted molar refractivity (Wildman–Crippen MR) is 189 cm³/mol. The smallest absolute Gasteiger partial charge is 0.343 e. The second-order valence-electron chi connectivity index (χ2n) is 11.2. The molecule has 1 atom stereocenters. The molecule has 1 aliphatic rings. The predicted octanol–water partition coefficient (Wildman–Crippen LogP) is 5.03. The summed E-state index contributed by atoms with van der Waals surface area (Å²) in [6.07, 6.45) is 1.77. The molecule has 0 saturated heterocycles. The normalized spacial score (nSPS) is 14.0. The zero-order valence-electron chi connectivity index (χ0n) is 28.9. The fourth-order valence-electron chi connectivity index (χ4n) is 5.50. The third kappa shape index (κ3) is 8.08. The van der Waals surface area contributed by atoms with Gasteiger partial charge in [-0.2, -0.15) is 0 Å². The highest BCUT2D eigenvalue weighted by Crippen LogP contribution is 2.36. The number of hydrogen-bond donors (Lipinski definition) is 0. The molecule has 1 aromatic heterocycles. The van der Waals surface area contributed by atoms with Crippen LogP contribution in [0.25, 0.3) is 6.08 Å². The summed E-state index contributed by atoms with van der Waals surface area (Å²) in [5.74, 6) is 0.651. The lowest BCUT2D eigenvalue weighted by Gasteiger charge is -2.25. The van der Waals surface area contributed by atoms with Crippen molar-refractivity contribution in [2.24, 2.45) is 4.99 Å². The van der Waals surface area contributed by atoms with E-state index in [0.717, 1.165) is 16.7 Å². The van der Waals surface area contributed by atoms with Gasteiger partial charge in [0.2, 0.25) is 0 Å². The summed E-state index contributed by atoms with van der Waals surface area (Å²) in [6, 6.07) is 17.8. The molecule has 3 aromatic carbocycles. The number of thiazole rings is 1. The number of rotatable bonds is 14. The second kappa shape index (κ2) is 16.4. The number of allylic oxidation sites excluding steroid dienone is 1. The lowest BCUT2D eigenvalue weighted by molar-refractivity contribution is -0.143. The number of aryl methyl sites for hydroxylation is 1. The van der Waals surface area contributed by atoms with Crippen molar-refractivity contribution in [2.75, 3.05) is 33.5 Å². The lowest BCUT2D eigenvalue weighted by atomic mass is 9.95. The molecule has 0 N–H and O–H groups in total. The summed E-state index contributed by atoms with van der Waals surface area (Å²) in [5, 5.41) is 0. The van der Waals surface area contributed by atoms with Crippen LogP contribution in [0.2, 0.25) is 0 Å². The molecule has 262 valence electrons. The Balaban J connectivity index is 1.57.